The van der Waals surface area contributed by atoms with Gasteiger partial charge in [-0.25, -0.2) is 13.1 Å². The lowest BCUT2D eigenvalue weighted by Gasteiger charge is -2.31. The average molecular weight is 312 g/mol. The van der Waals surface area contributed by atoms with Crippen LogP contribution >= 0.6 is 0 Å². The lowest BCUT2D eigenvalue weighted by Crippen LogP contribution is -2.41. The van der Waals surface area contributed by atoms with Crippen LogP contribution in [0, 0.1) is 5.92 Å². The van der Waals surface area contributed by atoms with Crippen LogP contribution in [0.1, 0.15) is 39.0 Å². The third-order valence-electron chi connectivity index (χ3n) is 4.22. The lowest BCUT2D eigenvalue weighted by atomic mass is 9.83. The fourth-order valence-electron chi connectivity index (χ4n) is 3.02. The molecular weight excluding hydrogens is 288 g/mol. The average Bonchev–Trinajstić information content (AvgIpc) is 2.47. The molecule has 1 aliphatic rings. The fraction of sp³-hybridized carbons (Fsp3) is 0.600. The second-order valence-corrected chi connectivity index (χ2v) is 7.27. The summed E-state index contributed by atoms with van der Waals surface area (Å²) in [6.45, 7) is 2.11. The maximum absolute atomic E-state index is 12.6. The van der Waals surface area contributed by atoms with Gasteiger partial charge in [0.1, 0.15) is 10.6 Å². The van der Waals surface area contributed by atoms with Crippen molar-refractivity contribution in [2.24, 2.45) is 5.92 Å². The van der Waals surface area contributed by atoms with Crippen molar-refractivity contribution in [3.8, 4) is 5.75 Å². The van der Waals surface area contributed by atoms with E-state index < -0.39 is 10.0 Å². The van der Waals surface area contributed by atoms with Crippen LogP contribution < -0.4 is 15.2 Å². The summed E-state index contributed by atoms with van der Waals surface area (Å²) in [6.07, 6.45) is 5.23. The normalized spacial score (nSPS) is 23.0. The van der Waals surface area contributed by atoms with Gasteiger partial charge in [-0.05, 0) is 30.9 Å². The molecule has 2 unspecified atom stereocenters. The maximum atomic E-state index is 12.6. The smallest absolute Gasteiger partial charge is 0.244 e. The third kappa shape index (κ3) is 3.68. The van der Waals surface area contributed by atoms with Crippen LogP contribution in [0.5, 0.6) is 5.75 Å². The van der Waals surface area contributed by atoms with Gasteiger partial charge in [0.2, 0.25) is 10.0 Å². The van der Waals surface area contributed by atoms with Crippen LogP contribution in [-0.2, 0) is 10.0 Å². The highest BCUT2D eigenvalue weighted by Crippen LogP contribution is 2.30. The standard InChI is InChI=1S/C15H24N2O3S/c1-3-11-6-4-5-7-13(11)17-21(18,19)15-9-8-12(16)10-14(15)20-2/h8-11,13,17H,3-7,16H2,1-2H3. The van der Waals surface area contributed by atoms with E-state index in [0.29, 0.717) is 11.6 Å². The molecule has 2 atom stereocenters. The van der Waals surface area contributed by atoms with E-state index in [1.54, 1.807) is 6.07 Å². The molecule has 3 N–H and O–H groups in total. The summed E-state index contributed by atoms with van der Waals surface area (Å²) in [7, 11) is -2.15. The van der Waals surface area contributed by atoms with Crippen molar-refractivity contribution in [2.45, 2.75) is 50.0 Å². The molecular formula is C15H24N2O3S. The summed E-state index contributed by atoms with van der Waals surface area (Å²) in [4.78, 5) is 0.152. The Hall–Kier alpha value is -1.27. The van der Waals surface area contributed by atoms with E-state index in [0.717, 1.165) is 25.7 Å². The molecule has 1 saturated carbocycles. The molecule has 0 bridgehead atoms. The fourth-order valence-corrected chi connectivity index (χ4v) is 4.51. The molecule has 5 nitrogen and oxygen atoms in total. The van der Waals surface area contributed by atoms with E-state index in [1.807, 2.05) is 0 Å². The van der Waals surface area contributed by atoms with Crippen LogP contribution in [0.4, 0.5) is 5.69 Å². The van der Waals surface area contributed by atoms with Gasteiger partial charge in [0, 0.05) is 17.8 Å². The summed E-state index contributed by atoms with van der Waals surface area (Å²) in [5.41, 5.74) is 6.16. The van der Waals surface area contributed by atoms with E-state index in [2.05, 4.69) is 11.6 Å². The van der Waals surface area contributed by atoms with Gasteiger partial charge in [-0.1, -0.05) is 26.2 Å². The predicted octanol–water partition coefficient (Wildman–Crippen LogP) is 2.52. The van der Waals surface area contributed by atoms with Gasteiger partial charge in [0.25, 0.3) is 0 Å². The first kappa shape index (κ1) is 16.1. The van der Waals surface area contributed by atoms with Gasteiger partial charge in [-0.3, -0.25) is 0 Å². The molecule has 0 heterocycles. The van der Waals surface area contributed by atoms with E-state index in [1.165, 1.54) is 25.7 Å². The Kier molecular flexibility index (Phi) is 5.11. The van der Waals surface area contributed by atoms with Gasteiger partial charge in [0.05, 0.1) is 7.11 Å². The summed E-state index contributed by atoms with van der Waals surface area (Å²) in [5.74, 6) is 0.694. The molecule has 6 heteroatoms. The summed E-state index contributed by atoms with van der Waals surface area (Å²) in [5, 5.41) is 0. The van der Waals surface area contributed by atoms with Crippen molar-refractivity contribution in [2.75, 3.05) is 12.8 Å². The van der Waals surface area contributed by atoms with Crippen molar-refractivity contribution in [1.82, 2.24) is 4.72 Å². The van der Waals surface area contributed by atoms with Crippen molar-refractivity contribution >= 4 is 15.7 Å². The van der Waals surface area contributed by atoms with Crippen molar-refractivity contribution in [1.29, 1.82) is 0 Å². The van der Waals surface area contributed by atoms with E-state index in [4.69, 9.17) is 10.5 Å². The molecule has 1 aromatic carbocycles. The number of rotatable bonds is 5. The molecule has 118 valence electrons. The number of anilines is 1. The Labute approximate surface area is 126 Å². The number of hydrogen-bond donors (Lipinski definition) is 2. The zero-order valence-electron chi connectivity index (χ0n) is 12.6. The minimum atomic E-state index is -3.59. The minimum Gasteiger partial charge on any atom is -0.495 e. The summed E-state index contributed by atoms with van der Waals surface area (Å²) in [6, 6.07) is 4.62. The Balaban J connectivity index is 2.25. The van der Waals surface area contributed by atoms with Crippen molar-refractivity contribution < 1.29 is 13.2 Å². The highest BCUT2D eigenvalue weighted by Gasteiger charge is 2.29. The van der Waals surface area contributed by atoms with Crippen LogP contribution in [0.15, 0.2) is 23.1 Å². The third-order valence-corrected chi connectivity index (χ3v) is 5.75. The molecule has 1 aromatic rings. The maximum Gasteiger partial charge on any atom is 0.244 e. The van der Waals surface area contributed by atoms with Gasteiger partial charge in [0.15, 0.2) is 0 Å². The second kappa shape index (κ2) is 6.66. The zero-order valence-corrected chi connectivity index (χ0v) is 13.4. The molecule has 0 amide bonds. The molecule has 0 spiro atoms. The Morgan fingerprint density at radius 1 is 1.33 bits per heavy atom. The lowest BCUT2D eigenvalue weighted by molar-refractivity contribution is 0.282. The number of nitrogen functional groups attached to an aromatic ring is 1. The second-order valence-electron chi connectivity index (χ2n) is 5.59. The molecule has 1 aliphatic carbocycles. The quantitative estimate of drug-likeness (QED) is 0.819. The number of ether oxygens (including phenoxy) is 1. The van der Waals surface area contributed by atoms with Crippen LogP contribution in [0.2, 0.25) is 0 Å². The molecule has 2 rings (SSSR count). The number of methoxy groups -OCH3 is 1. The van der Waals surface area contributed by atoms with Crippen molar-refractivity contribution in [3.05, 3.63) is 18.2 Å². The minimum absolute atomic E-state index is 0.0102. The van der Waals surface area contributed by atoms with Gasteiger partial charge >= 0.3 is 0 Å². The van der Waals surface area contributed by atoms with Crippen LogP contribution in [0.3, 0.4) is 0 Å². The number of nitrogens with two attached hydrogens (primary N) is 1. The summed E-state index contributed by atoms with van der Waals surface area (Å²) < 4.78 is 33.3. The molecule has 0 saturated heterocycles. The SMILES string of the molecule is CCC1CCCCC1NS(=O)(=O)c1ccc(N)cc1OC. The highest BCUT2D eigenvalue weighted by atomic mass is 32.2. The highest BCUT2D eigenvalue weighted by molar-refractivity contribution is 7.89. The number of hydrogen-bond acceptors (Lipinski definition) is 4. The Bertz CT molecular complexity index is 587. The van der Waals surface area contributed by atoms with Crippen LogP contribution in [0.25, 0.3) is 0 Å². The Morgan fingerprint density at radius 3 is 2.71 bits per heavy atom. The topological polar surface area (TPSA) is 81.4 Å². The predicted molar refractivity (Wildman–Crippen MR) is 83.8 cm³/mol. The summed E-state index contributed by atoms with van der Waals surface area (Å²) >= 11 is 0. The monoisotopic (exact) mass is 312 g/mol. The van der Waals surface area contributed by atoms with Crippen LogP contribution in [-0.4, -0.2) is 21.6 Å². The first-order valence-electron chi connectivity index (χ1n) is 7.43. The number of sulfonamides is 1. The molecule has 0 aliphatic heterocycles. The largest absolute Gasteiger partial charge is 0.495 e. The van der Waals surface area contributed by atoms with E-state index >= 15 is 0 Å². The first-order valence-corrected chi connectivity index (χ1v) is 8.92. The van der Waals surface area contributed by atoms with E-state index in [-0.39, 0.29) is 16.7 Å². The van der Waals surface area contributed by atoms with Crippen molar-refractivity contribution in [3.63, 3.8) is 0 Å². The van der Waals surface area contributed by atoms with Gasteiger partial charge in [-0.15, -0.1) is 0 Å². The van der Waals surface area contributed by atoms with Gasteiger partial charge < -0.3 is 10.5 Å². The Morgan fingerprint density at radius 2 is 2.05 bits per heavy atom. The molecule has 1 fully saturated rings. The number of nitrogens with one attached hydrogen (secondary N) is 1. The van der Waals surface area contributed by atoms with E-state index in [9.17, 15) is 8.42 Å². The molecule has 0 aromatic heterocycles. The van der Waals surface area contributed by atoms with Gasteiger partial charge in [-0.2, -0.15) is 0 Å². The molecule has 0 radical (unpaired) electrons. The zero-order chi connectivity index (χ0) is 15.5. The first-order chi connectivity index (χ1) is 9.97. The number of benzene rings is 1. The molecule has 21 heavy (non-hydrogen) atoms.